The Labute approximate surface area is 203 Å². The van der Waals surface area contributed by atoms with Crippen molar-refractivity contribution in [3.63, 3.8) is 0 Å². The van der Waals surface area contributed by atoms with Crippen LogP contribution in [0.5, 0.6) is 5.88 Å². The number of para-hydroxylation sites is 1. The van der Waals surface area contributed by atoms with Gasteiger partial charge in [-0.3, -0.25) is 4.79 Å². The highest BCUT2D eigenvalue weighted by molar-refractivity contribution is 6.30. The normalized spacial score (nSPS) is 12.3. The van der Waals surface area contributed by atoms with Gasteiger partial charge < -0.3 is 15.0 Å². The Hall–Kier alpha value is -3.90. The van der Waals surface area contributed by atoms with Crippen LogP contribution in [0.3, 0.4) is 0 Å². The largest absolute Gasteiger partial charge is 0.472 e. The number of anilines is 2. The monoisotopic (exact) mass is 470 g/mol. The molecule has 3 aromatic carbocycles. The number of carbonyl (C=O) groups excluding carboxylic acids is 1. The fourth-order valence-corrected chi connectivity index (χ4v) is 4.03. The molecule has 0 saturated carbocycles. The summed E-state index contributed by atoms with van der Waals surface area (Å²) in [5.74, 6) is 0.467. The van der Waals surface area contributed by atoms with Crippen LogP contribution in [-0.4, -0.2) is 22.4 Å². The van der Waals surface area contributed by atoms with Crippen molar-refractivity contribution < 1.29 is 9.53 Å². The van der Waals surface area contributed by atoms with E-state index in [0.29, 0.717) is 23.1 Å². The fourth-order valence-electron chi connectivity index (χ4n) is 3.90. The van der Waals surface area contributed by atoms with Crippen LogP contribution in [0.25, 0.3) is 0 Å². The number of fused-ring (bicyclic) bond motifs is 1. The molecule has 0 fully saturated rings. The number of carbonyl (C=O) groups is 1. The average Bonchev–Trinajstić information content (AvgIpc) is 3.32. The summed E-state index contributed by atoms with van der Waals surface area (Å²) in [5, 5.41) is 3.59. The maximum absolute atomic E-state index is 13.0. The van der Waals surface area contributed by atoms with Crippen LogP contribution in [0, 0.1) is 0 Å². The summed E-state index contributed by atoms with van der Waals surface area (Å²) in [6, 6.07) is 25.3. The SMILES string of the molecule is O=C(NCc1ccccc1)c1cnc(N2CCc3ccccc32)nc1OCc1ccc(Cl)cc1. The van der Waals surface area contributed by atoms with Crippen molar-refractivity contribution in [3.05, 3.63) is 112 Å². The highest BCUT2D eigenvalue weighted by atomic mass is 35.5. The van der Waals surface area contributed by atoms with Gasteiger partial charge in [0, 0.05) is 30.0 Å². The van der Waals surface area contributed by atoms with Crippen LogP contribution >= 0.6 is 11.6 Å². The lowest BCUT2D eigenvalue weighted by molar-refractivity contribution is 0.0945. The van der Waals surface area contributed by atoms with E-state index < -0.39 is 0 Å². The molecule has 0 aliphatic carbocycles. The van der Waals surface area contributed by atoms with Gasteiger partial charge in [0.15, 0.2) is 0 Å². The molecule has 6 nitrogen and oxygen atoms in total. The number of nitrogens with zero attached hydrogens (tertiary/aromatic N) is 3. The maximum atomic E-state index is 13.0. The zero-order valence-electron chi connectivity index (χ0n) is 18.4. The van der Waals surface area contributed by atoms with Crippen molar-refractivity contribution in [1.29, 1.82) is 0 Å². The van der Waals surface area contributed by atoms with Gasteiger partial charge in [-0.15, -0.1) is 0 Å². The first-order valence-corrected chi connectivity index (χ1v) is 11.5. The molecule has 0 spiro atoms. The van der Waals surface area contributed by atoms with E-state index in [4.69, 9.17) is 16.3 Å². The maximum Gasteiger partial charge on any atom is 0.258 e. The molecule has 2 heterocycles. The Kier molecular flexibility index (Phi) is 6.40. The molecule has 0 unspecified atom stereocenters. The van der Waals surface area contributed by atoms with E-state index in [-0.39, 0.29) is 18.4 Å². The summed E-state index contributed by atoms with van der Waals surface area (Å²) in [5.41, 5.74) is 4.55. The Balaban J connectivity index is 1.41. The van der Waals surface area contributed by atoms with Gasteiger partial charge in [0.25, 0.3) is 5.91 Å². The van der Waals surface area contributed by atoms with Gasteiger partial charge in [0.05, 0.1) is 0 Å². The second-order valence-corrected chi connectivity index (χ2v) is 8.44. The molecule has 5 rings (SSSR count). The number of ether oxygens (including phenoxy) is 1. The van der Waals surface area contributed by atoms with Gasteiger partial charge in [-0.2, -0.15) is 4.98 Å². The molecule has 0 bridgehead atoms. The molecule has 7 heteroatoms. The number of hydrogen-bond acceptors (Lipinski definition) is 5. The van der Waals surface area contributed by atoms with Crippen molar-refractivity contribution >= 4 is 29.1 Å². The fraction of sp³-hybridized carbons (Fsp3) is 0.148. The molecule has 1 aliphatic heterocycles. The first-order chi connectivity index (χ1) is 16.7. The smallest absolute Gasteiger partial charge is 0.258 e. The van der Waals surface area contributed by atoms with E-state index >= 15 is 0 Å². The van der Waals surface area contributed by atoms with Crippen molar-refractivity contribution in [2.24, 2.45) is 0 Å². The van der Waals surface area contributed by atoms with Gasteiger partial charge in [-0.1, -0.05) is 72.3 Å². The van der Waals surface area contributed by atoms with Crippen LogP contribution in [-0.2, 0) is 19.6 Å². The van der Waals surface area contributed by atoms with E-state index in [1.165, 1.54) is 5.56 Å². The second-order valence-electron chi connectivity index (χ2n) is 8.00. The van der Waals surface area contributed by atoms with Crippen LogP contribution in [0.1, 0.15) is 27.0 Å². The molecule has 0 atom stereocenters. The number of rotatable bonds is 7. The molecule has 1 aromatic heterocycles. The molecule has 1 amide bonds. The zero-order chi connectivity index (χ0) is 23.3. The molecule has 0 saturated heterocycles. The van der Waals surface area contributed by atoms with E-state index in [0.717, 1.165) is 29.8 Å². The van der Waals surface area contributed by atoms with Gasteiger partial charge in [0.1, 0.15) is 12.2 Å². The quantitative estimate of drug-likeness (QED) is 0.395. The Morgan fingerprint density at radius 1 is 0.971 bits per heavy atom. The summed E-state index contributed by atoms with van der Waals surface area (Å²) >= 11 is 6.00. The topological polar surface area (TPSA) is 67.4 Å². The van der Waals surface area contributed by atoms with Gasteiger partial charge in [-0.25, -0.2) is 4.98 Å². The highest BCUT2D eigenvalue weighted by Crippen LogP contribution is 2.33. The lowest BCUT2D eigenvalue weighted by Crippen LogP contribution is -2.25. The number of amides is 1. The zero-order valence-corrected chi connectivity index (χ0v) is 19.2. The molecule has 170 valence electrons. The number of benzene rings is 3. The molecule has 34 heavy (non-hydrogen) atoms. The lowest BCUT2D eigenvalue weighted by Gasteiger charge is -2.19. The minimum Gasteiger partial charge on any atom is -0.472 e. The third-order valence-corrected chi connectivity index (χ3v) is 5.95. The van der Waals surface area contributed by atoms with Crippen LogP contribution in [0.15, 0.2) is 85.1 Å². The summed E-state index contributed by atoms with van der Waals surface area (Å²) in [7, 11) is 0. The average molecular weight is 471 g/mol. The molecular weight excluding hydrogens is 448 g/mol. The Morgan fingerprint density at radius 3 is 2.56 bits per heavy atom. The number of halogens is 1. The predicted molar refractivity (Wildman–Crippen MR) is 133 cm³/mol. The first-order valence-electron chi connectivity index (χ1n) is 11.1. The Morgan fingerprint density at radius 2 is 1.74 bits per heavy atom. The van der Waals surface area contributed by atoms with E-state index in [1.54, 1.807) is 18.3 Å². The third-order valence-electron chi connectivity index (χ3n) is 5.70. The van der Waals surface area contributed by atoms with Gasteiger partial charge in [0.2, 0.25) is 11.8 Å². The van der Waals surface area contributed by atoms with Gasteiger partial charge >= 0.3 is 0 Å². The third kappa shape index (κ3) is 4.87. The Bertz CT molecular complexity index is 1300. The molecule has 0 radical (unpaired) electrons. The minimum absolute atomic E-state index is 0.245. The molecule has 1 N–H and O–H groups in total. The lowest BCUT2D eigenvalue weighted by atomic mass is 10.2. The van der Waals surface area contributed by atoms with Crippen molar-refractivity contribution in [3.8, 4) is 5.88 Å². The van der Waals surface area contributed by atoms with E-state index in [9.17, 15) is 4.79 Å². The van der Waals surface area contributed by atoms with Crippen molar-refractivity contribution in [2.75, 3.05) is 11.4 Å². The number of hydrogen-bond donors (Lipinski definition) is 1. The van der Waals surface area contributed by atoms with Crippen molar-refractivity contribution in [1.82, 2.24) is 15.3 Å². The molecule has 4 aromatic rings. The standard InChI is InChI=1S/C27H23ClN4O2/c28-22-12-10-20(11-13-22)18-34-26-23(25(33)29-16-19-6-2-1-3-7-19)17-30-27(31-26)32-15-14-21-8-4-5-9-24(21)32/h1-13,17H,14-16,18H2,(H,29,33). The van der Waals surface area contributed by atoms with Crippen LogP contribution < -0.4 is 15.0 Å². The van der Waals surface area contributed by atoms with E-state index in [1.807, 2.05) is 54.6 Å². The van der Waals surface area contributed by atoms with Crippen LogP contribution in [0.2, 0.25) is 5.02 Å². The summed E-state index contributed by atoms with van der Waals surface area (Å²) in [6.07, 6.45) is 2.46. The number of nitrogens with one attached hydrogen (secondary N) is 1. The summed E-state index contributed by atoms with van der Waals surface area (Å²) in [6.45, 7) is 1.43. The summed E-state index contributed by atoms with van der Waals surface area (Å²) < 4.78 is 6.04. The molecule has 1 aliphatic rings. The first kappa shape index (κ1) is 21.9. The van der Waals surface area contributed by atoms with Crippen molar-refractivity contribution in [2.45, 2.75) is 19.6 Å². The molecular formula is C27H23ClN4O2. The number of aromatic nitrogens is 2. The second kappa shape index (κ2) is 9.93. The van der Waals surface area contributed by atoms with Crippen LogP contribution in [0.4, 0.5) is 11.6 Å². The minimum atomic E-state index is -0.289. The predicted octanol–water partition coefficient (Wildman–Crippen LogP) is 5.33. The van der Waals surface area contributed by atoms with Gasteiger partial charge in [-0.05, 0) is 41.3 Å². The highest BCUT2D eigenvalue weighted by Gasteiger charge is 2.24. The summed E-state index contributed by atoms with van der Waals surface area (Å²) in [4.78, 5) is 24.3. The van der Waals surface area contributed by atoms with E-state index in [2.05, 4.69) is 32.3 Å².